The van der Waals surface area contributed by atoms with Crippen molar-refractivity contribution in [2.45, 2.75) is 12.5 Å². The second-order valence-corrected chi connectivity index (χ2v) is 7.64. The molecule has 154 valence electrons. The van der Waals surface area contributed by atoms with Crippen molar-refractivity contribution in [2.75, 3.05) is 0 Å². The Morgan fingerprint density at radius 3 is 2.61 bits per heavy atom. The fraction of sp³-hybridized carbons (Fsp3) is 0.0870. The molecule has 0 spiro atoms. The minimum atomic E-state index is -0.604. The predicted molar refractivity (Wildman–Crippen MR) is 119 cm³/mol. The summed E-state index contributed by atoms with van der Waals surface area (Å²) in [6, 6.07) is 13.4. The molecule has 3 aromatic heterocycles. The molecule has 0 aliphatic carbocycles. The number of phenolic OH excluding ortho intramolecular Hbond substituents is 1. The Kier molecular flexibility index (Phi) is 6.09. The first-order valence-corrected chi connectivity index (χ1v) is 10.4. The minimum absolute atomic E-state index is 0.0579. The maximum atomic E-state index is 13.0. The zero-order valence-electron chi connectivity index (χ0n) is 16.4. The van der Waals surface area contributed by atoms with Gasteiger partial charge in [0.25, 0.3) is 5.91 Å². The van der Waals surface area contributed by atoms with Crippen LogP contribution in [0.2, 0.25) is 0 Å². The first kappa shape index (κ1) is 20.4. The number of amides is 1. The van der Waals surface area contributed by atoms with Crippen LogP contribution in [-0.4, -0.2) is 31.7 Å². The zero-order valence-corrected chi connectivity index (χ0v) is 17.2. The van der Waals surface area contributed by atoms with Crippen molar-refractivity contribution in [1.82, 2.24) is 20.3 Å². The van der Waals surface area contributed by atoms with E-state index >= 15 is 0 Å². The van der Waals surface area contributed by atoms with E-state index in [-0.39, 0.29) is 23.8 Å². The number of carbonyl (C=O) groups is 1. The molecule has 0 saturated carbocycles. The van der Waals surface area contributed by atoms with Crippen molar-refractivity contribution in [2.24, 2.45) is 0 Å². The van der Waals surface area contributed by atoms with E-state index in [1.54, 1.807) is 66.6 Å². The summed E-state index contributed by atoms with van der Waals surface area (Å²) in [5.74, 6) is -0.314. The van der Waals surface area contributed by atoms with Gasteiger partial charge >= 0.3 is 0 Å². The average molecular weight is 430 g/mol. The molecule has 4 aromatic rings. The van der Waals surface area contributed by atoms with Crippen LogP contribution in [0.1, 0.15) is 34.1 Å². The molecular formula is C23H19N5O2S. The van der Waals surface area contributed by atoms with Crippen molar-refractivity contribution >= 4 is 23.0 Å². The summed E-state index contributed by atoms with van der Waals surface area (Å²) in [7, 11) is 0. The minimum Gasteiger partial charge on any atom is -0.508 e. The quantitative estimate of drug-likeness (QED) is 0.381. The molecule has 0 fully saturated rings. The first-order valence-electron chi connectivity index (χ1n) is 9.54. The lowest BCUT2D eigenvalue weighted by molar-refractivity contribution is 0.0933. The molecule has 1 unspecified atom stereocenters. The topological polar surface area (TPSA) is 112 Å². The molecule has 0 bridgehead atoms. The molecule has 3 heterocycles. The van der Waals surface area contributed by atoms with Gasteiger partial charge in [-0.2, -0.15) is 0 Å². The third-order valence-corrected chi connectivity index (χ3v) is 5.59. The highest BCUT2D eigenvalue weighted by Crippen LogP contribution is 2.28. The number of benzene rings is 1. The molecule has 8 heteroatoms. The number of nitrogens with zero attached hydrogens (tertiary/aromatic N) is 3. The summed E-state index contributed by atoms with van der Waals surface area (Å²) >= 11 is 1.37. The molecule has 31 heavy (non-hydrogen) atoms. The van der Waals surface area contributed by atoms with Gasteiger partial charge in [-0.25, -0.2) is 4.98 Å². The number of pyridine rings is 2. The van der Waals surface area contributed by atoms with Crippen LogP contribution in [0, 0.1) is 5.41 Å². The Hall–Kier alpha value is -3.91. The number of para-hydroxylation sites is 1. The number of carbonyl (C=O) groups excluding carboxylic acids is 1. The molecule has 0 aliphatic rings. The van der Waals surface area contributed by atoms with Crippen LogP contribution < -0.4 is 5.32 Å². The molecule has 7 nitrogen and oxygen atoms in total. The van der Waals surface area contributed by atoms with Gasteiger partial charge < -0.3 is 15.8 Å². The van der Waals surface area contributed by atoms with E-state index in [0.29, 0.717) is 16.8 Å². The van der Waals surface area contributed by atoms with E-state index in [9.17, 15) is 9.90 Å². The monoisotopic (exact) mass is 429 g/mol. The van der Waals surface area contributed by atoms with Crippen LogP contribution in [0.25, 0.3) is 10.6 Å². The molecule has 0 aliphatic heterocycles. The van der Waals surface area contributed by atoms with E-state index in [1.807, 2.05) is 12.1 Å². The van der Waals surface area contributed by atoms with Gasteiger partial charge in [0.2, 0.25) is 0 Å². The van der Waals surface area contributed by atoms with Crippen molar-refractivity contribution in [3.05, 3.63) is 95.5 Å². The van der Waals surface area contributed by atoms with Crippen molar-refractivity contribution in [3.8, 4) is 16.3 Å². The fourth-order valence-electron chi connectivity index (χ4n) is 3.12. The van der Waals surface area contributed by atoms with Gasteiger partial charge in [0, 0.05) is 59.0 Å². The number of nitrogens with one attached hydrogen (secondary N) is 2. The van der Waals surface area contributed by atoms with E-state index in [2.05, 4.69) is 20.3 Å². The van der Waals surface area contributed by atoms with Crippen LogP contribution in [0.4, 0.5) is 0 Å². The van der Waals surface area contributed by atoms with Crippen LogP contribution in [0.3, 0.4) is 0 Å². The highest BCUT2D eigenvalue weighted by Gasteiger charge is 2.22. The summed E-state index contributed by atoms with van der Waals surface area (Å²) < 4.78 is 0. The molecule has 3 N–H and O–H groups in total. The molecule has 4 rings (SSSR count). The number of hydrogen-bond donors (Lipinski definition) is 3. The van der Waals surface area contributed by atoms with Gasteiger partial charge in [0.05, 0.1) is 6.04 Å². The summed E-state index contributed by atoms with van der Waals surface area (Å²) in [4.78, 5) is 25.4. The molecule has 0 radical (unpaired) electrons. The molecule has 1 amide bonds. The van der Waals surface area contributed by atoms with Crippen LogP contribution in [0.15, 0.2) is 78.7 Å². The van der Waals surface area contributed by atoms with Crippen LogP contribution >= 0.6 is 11.3 Å². The van der Waals surface area contributed by atoms with E-state index in [0.717, 1.165) is 10.6 Å². The summed E-state index contributed by atoms with van der Waals surface area (Å²) in [6.07, 6.45) is 6.79. The smallest absolute Gasteiger partial charge is 0.271 e. The van der Waals surface area contributed by atoms with Gasteiger partial charge in [-0.15, -0.1) is 11.3 Å². The van der Waals surface area contributed by atoms with Crippen molar-refractivity contribution in [1.29, 1.82) is 5.41 Å². The largest absolute Gasteiger partial charge is 0.508 e. The Labute approximate surface area is 183 Å². The van der Waals surface area contributed by atoms with E-state index in [4.69, 9.17) is 5.41 Å². The Morgan fingerprint density at radius 2 is 1.87 bits per heavy atom. The number of aromatic nitrogens is 3. The van der Waals surface area contributed by atoms with Crippen molar-refractivity contribution < 1.29 is 9.90 Å². The lowest BCUT2D eigenvalue weighted by atomic mass is 9.97. The second kappa shape index (κ2) is 9.27. The lowest BCUT2D eigenvalue weighted by Gasteiger charge is -2.20. The number of hydrogen-bond acceptors (Lipinski definition) is 7. The summed E-state index contributed by atoms with van der Waals surface area (Å²) in [5, 5.41) is 24.1. The number of aromatic hydroxyl groups is 1. The van der Waals surface area contributed by atoms with Gasteiger partial charge in [-0.05, 0) is 24.3 Å². The fourth-order valence-corrected chi connectivity index (χ4v) is 3.93. The summed E-state index contributed by atoms with van der Waals surface area (Å²) in [5.41, 5.74) is 2.66. The molecular weight excluding hydrogens is 410 g/mol. The van der Waals surface area contributed by atoms with Gasteiger partial charge in [-0.1, -0.05) is 24.3 Å². The Bertz CT molecular complexity index is 1190. The maximum Gasteiger partial charge on any atom is 0.271 e. The normalized spacial score (nSPS) is 11.6. The van der Waals surface area contributed by atoms with Crippen LogP contribution in [0.5, 0.6) is 5.75 Å². The van der Waals surface area contributed by atoms with Crippen molar-refractivity contribution in [3.63, 3.8) is 0 Å². The first-order chi connectivity index (χ1) is 15.1. The van der Waals surface area contributed by atoms with Gasteiger partial charge in [-0.3, -0.25) is 14.8 Å². The standard InChI is InChI=1S/C23H19N5O2S/c24-18(16-4-3-9-26-13-16)12-19(17-5-1-2-6-21(17)29)27-22(30)20-14-31-23(28-20)15-7-10-25-11-8-15/h1-11,13-14,19,24,29H,12H2,(H,27,30). The predicted octanol–water partition coefficient (Wildman–Crippen LogP) is 4.23. The summed E-state index contributed by atoms with van der Waals surface area (Å²) in [6.45, 7) is 0. The number of phenols is 1. The van der Waals surface area contributed by atoms with Gasteiger partial charge in [0.15, 0.2) is 0 Å². The van der Waals surface area contributed by atoms with Crippen LogP contribution in [-0.2, 0) is 0 Å². The molecule has 1 atom stereocenters. The van der Waals surface area contributed by atoms with Gasteiger partial charge in [0.1, 0.15) is 16.5 Å². The second-order valence-electron chi connectivity index (χ2n) is 6.78. The molecule has 1 aromatic carbocycles. The zero-order chi connectivity index (χ0) is 21.6. The Morgan fingerprint density at radius 1 is 1.06 bits per heavy atom. The highest BCUT2D eigenvalue weighted by molar-refractivity contribution is 7.13. The third-order valence-electron chi connectivity index (χ3n) is 4.70. The number of rotatable bonds is 7. The number of thiazole rings is 1. The third kappa shape index (κ3) is 4.81. The highest BCUT2D eigenvalue weighted by atomic mass is 32.1. The Balaban J connectivity index is 1.57. The lowest BCUT2D eigenvalue weighted by Crippen LogP contribution is -2.30. The SMILES string of the molecule is N=C(CC(NC(=O)c1csc(-c2ccncc2)n1)c1ccccc1O)c1cccnc1. The van der Waals surface area contributed by atoms with E-state index < -0.39 is 6.04 Å². The van der Waals surface area contributed by atoms with E-state index in [1.165, 1.54) is 11.3 Å². The maximum absolute atomic E-state index is 13.0. The molecule has 0 saturated heterocycles. The average Bonchev–Trinajstić information content (AvgIpc) is 3.31.